The fourth-order valence-electron chi connectivity index (χ4n) is 2.93. The van der Waals surface area contributed by atoms with Crippen molar-refractivity contribution in [2.24, 2.45) is 0 Å². The van der Waals surface area contributed by atoms with E-state index in [-0.39, 0.29) is 16.5 Å². The third kappa shape index (κ3) is 7.57. The Balaban J connectivity index is 3.53. The van der Waals surface area contributed by atoms with Gasteiger partial charge in [-0.05, 0) is 38.5 Å². The molecule has 0 fully saturated rings. The molecular formula is C20H25Cl2F3N2O4. The van der Waals surface area contributed by atoms with Crippen molar-refractivity contribution in [3.8, 4) is 0 Å². The number of hydrogen-bond donors (Lipinski definition) is 0. The number of benzene rings is 1. The summed E-state index contributed by atoms with van der Waals surface area (Å²) in [5.74, 6) is -1.22. The number of halogens is 5. The minimum Gasteiger partial charge on any atom is -0.444 e. The number of amides is 2. The molecule has 0 saturated carbocycles. The van der Waals surface area contributed by atoms with Crippen LogP contribution in [0.25, 0.3) is 0 Å². The topological polar surface area (TPSA) is 66.9 Å². The summed E-state index contributed by atoms with van der Waals surface area (Å²) in [5, 5.41) is 0.308. The quantitative estimate of drug-likeness (QED) is 0.507. The molecule has 0 spiro atoms. The summed E-state index contributed by atoms with van der Waals surface area (Å²) in [6.07, 6.45) is -7.06. The molecule has 0 aromatic heterocycles. The van der Waals surface area contributed by atoms with E-state index in [1.807, 2.05) is 0 Å². The molecule has 6 nitrogen and oxygen atoms in total. The lowest BCUT2D eigenvalue weighted by molar-refractivity contribution is -0.162. The van der Waals surface area contributed by atoms with Gasteiger partial charge in [0.2, 0.25) is 5.91 Å². The van der Waals surface area contributed by atoms with E-state index in [2.05, 4.69) is 0 Å². The number of rotatable bonds is 7. The molecule has 1 aromatic carbocycles. The van der Waals surface area contributed by atoms with Gasteiger partial charge >= 0.3 is 12.3 Å². The van der Waals surface area contributed by atoms with Gasteiger partial charge in [0.15, 0.2) is 0 Å². The van der Waals surface area contributed by atoms with Crippen LogP contribution in [-0.4, -0.2) is 60.5 Å². The molecule has 11 heteroatoms. The van der Waals surface area contributed by atoms with E-state index in [0.717, 1.165) is 16.8 Å². The largest absolute Gasteiger partial charge is 0.444 e. The fraction of sp³-hybridized carbons (Fsp3) is 0.550. The number of carbonyl (C=O) groups excluding carboxylic acids is 3. The van der Waals surface area contributed by atoms with Crippen molar-refractivity contribution in [1.29, 1.82) is 0 Å². The third-order valence-corrected chi connectivity index (χ3v) is 5.20. The van der Waals surface area contributed by atoms with Gasteiger partial charge in [0.05, 0.1) is 15.6 Å². The lowest BCUT2D eigenvalue weighted by Gasteiger charge is -2.44. The molecule has 0 bridgehead atoms. The molecule has 0 saturated heterocycles. The second-order valence-electron chi connectivity index (χ2n) is 8.11. The number of ether oxygens (including phenoxy) is 1. The summed E-state index contributed by atoms with van der Waals surface area (Å²) in [6.45, 7) is 4.49. The summed E-state index contributed by atoms with van der Waals surface area (Å²) < 4.78 is 43.5. The number of hydrogen-bond acceptors (Lipinski definition) is 4. The van der Waals surface area contributed by atoms with E-state index >= 15 is 0 Å². The molecule has 1 aromatic rings. The zero-order valence-electron chi connectivity index (χ0n) is 17.8. The van der Waals surface area contributed by atoms with Crippen molar-refractivity contribution >= 4 is 41.5 Å². The van der Waals surface area contributed by atoms with E-state index in [0.29, 0.717) is 11.8 Å². The van der Waals surface area contributed by atoms with Gasteiger partial charge in [0.1, 0.15) is 18.3 Å². The smallest absolute Gasteiger partial charge is 0.410 e. The molecule has 0 unspecified atom stereocenters. The van der Waals surface area contributed by atoms with Gasteiger partial charge in [-0.15, -0.1) is 0 Å². The van der Waals surface area contributed by atoms with Crippen molar-refractivity contribution in [1.82, 2.24) is 9.80 Å². The summed E-state index contributed by atoms with van der Waals surface area (Å²) >= 11 is 12.1. The molecule has 0 N–H and O–H groups in total. The highest BCUT2D eigenvalue weighted by Crippen LogP contribution is 2.36. The van der Waals surface area contributed by atoms with Crippen LogP contribution in [0, 0.1) is 0 Å². The predicted molar refractivity (Wildman–Crippen MR) is 111 cm³/mol. The van der Waals surface area contributed by atoms with Crippen LogP contribution in [0.2, 0.25) is 10.0 Å². The van der Waals surface area contributed by atoms with Crippen LogP contribution >= 0.6 is 23.2 Å². The Morgan fingerprint density at radius 1 is 1.10 bits per heavy atom. The number of carbonyl (C=O) groups is 3. The summed E-state index contributed by atoms with van der Waals surface area (Å²) in [6, 6.07) is 4.32. The maximum absolute atomic E-state index is 12.8. The first-order valence-electron chi connectivity index (χ1n) is 9.19. The molecule has 0 heterocycles. The summed E-state index contributed by atoms with van der Waals surface area (Å²) in [5.41, 5.74) is -2.14. The maximum atomic E-state index is 12.8. The van der Waals surface area contributed by atoms with Gasteiger partial charge in [-0.3, -0.25) is 9.69 Å². The Bertz CT molecular complexity index is 828. The van der Waals surface area contributed by atoms with Gasteiger partial charge in [0, 0.05) is 27.1 Å². The van der Waals surface area contributed by atoms with Crippen molar-refractivity contribution in [3.63, 3.8) is 0 Å². The minimum atomic E-state index is -4.71. The molecule has 2 amide bonds. The van der Waals surface area contributed by atoms with E-state index in [1.54, 1.807) is 20.8 Å². The van der Waals surface area contributed by atoms with E-state index in [9.17, 15) is 27.6 Å². The van der Waals surface area contributed by atoms with Gasteiger partial charge < -0.3 is 14.4 Å². The van der Waals surface area contributed by atoms with Crippen LogP contribution in [0.1, 0.15) is 39.2 Å². The molecule has 0 radical (unpaired) electrons. The highest BCUT2D eigenvalue weighted by molar-refractivity contribution is 6.42. The number of likely N-dealkylation sites (N-methyl/N-ethyl adjacent to an activating group) is 2. The molecule has 31 heavy (non-hydrogen) atoms. The Morgan fingerprint density at radius 3 is 2.13 bits per heavy atom. The molecular weight excluding hydrogens is 460 g/mol. The standard InChI is InChI=1S/C20H25Cl2F3N2O4/c1-18(2,3)31-17(30)27(5)19(8-9-28,13-6-7-14(21)15(22)10-13)12-26(4)16(29)11-20(23,24)25/h6-7,9-10H,8,11-12H2,1-5H3/t19-/m1/s1. The monoisotopic (exact) mass is 484 g/mol. The lowest BCUT2D eigenvalue weighted by atomic mass is 9.84. The summed E-state index contributed by atoms with van der Waals surface area (Å²) in [4.78, 5) is 38.5. The fourth-order valence-corrected chi connectivity index (χ4v) is 3.22. The highest BCUT2D eigenvalue weighted by Gasteiger charge is 2.44. The van der Waals surface area contributed by atoms with Crippen molar-refractivity contribution in [2.45, 2.75) is 50.9 Å². The Labute approximate surface area is 189 Å². The second kappa shape index (κ2) is 10.1. The molecule has 1 rings (SSSR count). The van der Waals surface area contributed by atoms with Crippen LogP contribution in [0.5, 0.6) is 0 Å². The minimum absolute atomic E-state index is 0.108. The predicted octanol–water partition coefficient (Wildman–Crippen LogP) is 5.06. The summed E-state index contributed by atoms with van der Waals surface area (Å²) in [7, 11) is 2.50. The van der Waals surface area contributed by atoms with Crippen LogP contribution in [-0.2, 0) is 19.9 Å². The third-order valence-electron chi connectivity index (χ3n) is 4.46. The SMILES string of the molecule is CN(C[C@](CC=O)(c1ccc(Cl)c(Cl)c1)N(C)C(=O)OC(C)(C)C)C(=O)CC(F)(F)F. The van der Waals surface area contributed by atoms with Crippen LogP contribution in [0.3, 0.4) is 0 Å². The van der Waals surface area contributed by atoms with E-state index < -0.39 is 42.3 Å². The average Bonchev–Trinajstić information content (AvgIpc) is 2.59. The van der Waals surface area contributed by atoms with Gasteiger partial charge in [-0.2, -0.15) is 13.2 Å². The Morgan fingerprint density at radius 2 is 1.68 bits per heavy atom. The number of nitrogens with zero attached hydrogens (tertiary/aromatic N) is 2. The zero-order chi connectivity index (χ0) is 24.2. The molecule has 0 aliphatic heterocycles. The second-order valence-corrected chi connectivity index (χ2v) is 8.93. The van der Waals surface area contributed by atoms with E-state index in [4.69, 9.17) is 27.9 Å². The first-order valence-corrected chi connectivity index (χ1v) is 9.95. The van der Waals surface area contributed by atoms with E-state index in [1.165, 1.54) is 25.2 Å². The van der Waals surface area contributed by atoms with Gasteiger partial charge in [-0.1, -0.05) is 29.3 Å². The molecule has 174 valence electrons. The molecule has 0 aliphatic carbocycles. The van der Waals surface area contributed by atoms with Crippen LogP contribution in [0.15, 0.2) is 18.2 Å². The zero-order valence-corrected chi connectivity index (χ0v) is 19.4. The highest BCUT2D eigenvalue weighted by atomic mass is 35.5. The van der Waals surface area contributed by atoms with Crippen LogP contribution < -0.4 is 0 Å². The normalized spacial score (nSPS) is 13.9. The lowest BCUT2D eigenvalue weighted by Crippen LogP contribution is -2.55. The Hall–Kier alpha value is -2.00. The van der Waals surface area contributed by atoms with Crippen molar-refractivity contribution in [3.05, 3.63) is 33.8 Å². The number of alkyl halides is 3. The van der Waals surface area contributed by atoms with Crippen LogP contribution in [0.4, 0.5) is 18.0 Å². The van der Waals surface area contributed by atoms with Crippen molar-refractivity contribution < 1.29 is 32.3 Å². The van der Waals surface area contributed by atoms with Crippen molar-refractivity contribution in [2.75, 3.05) is 20.6 Å². The molecule has 1 atom stereocenters. The van der Waals surface area contributed by atoms with Gasteiger partial charge in [-0.25, -0.2) is 4.79 Å². The maximum Gasteiger partial charge on any atom is 0.410 e. The molecule has 0 aliphatic rings. The number of aldehydes is 1. The Kier molecular flexibility index (Phi) is 8.79. The first-order chi connectivity index (χ1) is 14.0. The average molecular weight is 485 g/mol. The van der Waals surface area contributed by atoms with Gasteiger partial charge in [0.25, 0.3) is 0 Å². The first kappa shape index (κ1) is 27.0.